The van der Waals surface area contributed by atoms with Crippen LogP contribution in [0.15, 0.2) is 42.6 Å². The maximum atomic E-state index is 12.0. The van der Waals surface area contributed by atoms with E-state index in [0.29, 0.717) is 18.0 Å². The number of carbonyl (C=O) groups excluding carboxylic acids is 2. The van der Waals surface area contributed by atoms with Crippen molar-refractivity contribution >= 4 is 17.6 Å². The lowest BCUT2D eigenvalue weighted by atomic mass is 10.2. The minimum absolute atomic E-state index is 0.0783. The summed E-state index contributed by atoms with van der Waals surface area (Å²) in [5, 5.41) is 7.93. The van der Waals surface area contributed by atoms with Crippen LogP contribution in [-0.4, -0.2) is 30.6 Å². The summed E-state index contributed by atoms with van der Waals surface area (Å²) in [7, 11) is 1.54. The van der Waals surface area contributed by atoms with Gasteiger partial charge in [0.25, 0.3) is 5.91 Å². The second-order valence-electron chi connectivity index (χ2n) is 5.06. The monoisotopic (exact) mass is 328 g/mol. The number of aryl methyl sites for hydroxylation is 1. The SMILES string of the molecule is CNC(=O)COc1cccc(NC(=O)NCc2ncccc2C)c1. The van der Waals surface area contributed by atoms with Gasteiger partial charge in [-0.2, -0.15) is 0 Å². The van der Waals surface area contributed by atoms with Crippen molar-refractivity contribution in [2.45, 2.75) is 13.5 Å². The molecule has 0 spiro atoms. The van der Waals surface area contributed by atoms with E-state index in [2.05, 4.69) is 20.9 Å². The number of amides is 3. The molecule has 0 unspecified atom stereocenters. The summed E-state index contributed by atoms with van der Waals surface area (Å²) >= 11 is 0. The first-order valence-corrected chi connectivity index (χ1v) is 7.47. The molecule has 0 atom stereocenters. The molecule has 0 aliphatic carbocycles. The Balaban J connectivity index is 1.87. The molecule has 2 rings (SSSR count). The Kier molecular flexibility index (Phi) is 6.13. The molecule has 2 aromatic rings. The Bertz CT molecular complexity index is 718. The van der Waals surface area contributed by atoms with Gasteiger partial charge in [-0.05, 0) is 30.7 Å². The Hall–Kier alpha value is -3.09. The van der Waals surface area contributed by atoms with Gasteiger partial charge in [-0.15, -0.1) is 0 Å². The third-order valence-corrected chi connectivity index (χ3v) is 3.27. The van der Waals surface area contributed by atoms with Gasteiger partial charge in [-0.1, -0.05) is 12.1 Å². The van der Waals surface area contributed by atoms with Crippen molar-refractivity contribution in [3.05, 3.63) is 53.9 Å². The Morgan fingerprint density at radius 3 is 2.79 bits per heavy atom. The van der Waals surface area contributed by atoms with Crippen LogP contribution in [0.4, 0.5) is 10.5 Å². The third-order valence-electron chi connectivity index (χ3n) is 3.27. The molecule has 0 fully saturated rings. The summed E-state index contributed by atoms with van der Waals surface area (Å²) in [6.45, 7) is 2.20. The molecule has 3 N–H and O–H groups in total. The Labute approximate surface area is 140 Å². The lowest BCUT2D eigenvalue weighted by Gasteiger charge is -2.10. The normalized spacial score (nSPS) is 9.92. The number of likely N-dealkylation sites (N-methyl/N-ethyl adjacent to an activating group) is 1. The highest BCUT2D eigenvalue weighted by Gasteiger charge is 2.06. The molecular weight excluding hydrogens is 308 g/mol. The maximum absolute atomic E-state index is 12.0. The molecule has 1 aromatic carbocycles. The largest absolute Gasteiger partial charge is 0.484 e. The molecule has 7 heteroatoms. The Morgan fingerprint density at radius 2 is 2.04 bits per heavy atom. The second-order valence-corrected chi connectivity index (χ2v) is 5.06. The molecule has 1 aromatic heterocycles. The molecule has 3 amide bonds. The predicted molar refractivity (Wildman–Crippen MR) is 90.8 cm³/mol. The number of carbonyl (C=O) groups is 2. The van der Waals surface area contributed by atoms with Gasteiger partial charge in [0.2, 0.25) is 0 Å². The first-order chi connectivity index (χ1) is 11.6. The van der Waals surface area contributed by atoms with Gasteiger partial charge < -0.3 is 20.7 Å². The van der Waals surface area contributed by atoms with E-state index in [-0.39, 0.29) is 18.5 Å². The number of nitrogens with one attached hydrogen (secondary N) is 3. The lowest BCUT2D eigenvalue weighted by Crippen LogP contribution is -2.28. The molecule has 24 heavy (non-hydrogen) atoms. The molecule has 7 nitrogen and oxygen atoms in total. The van der Waals surface area contributed by atoms with Gasteiger partial charge in [-0.3, -0.25) is 9.78 Å². The fourth-order valence-corrected chi connectivity index (χ4v) is 1.93. The summed E-state index contributed by atoms with van der Waals surface area (Å²) < 4.78 is 5.33. The van der Waals surface area contributed by atoms with Gasteiger partial charge in [-0.25, -0.2) is 4.79 Å². The molecule has 0 saturated heterocycles. The molecule has 0 aliphatic heterocycles. The number of hydrogen-bond donors (Lipinski definition) is 3. The molecule has 0 bridgehead atoms. The van der Waals surface area contributed by atoms with Crippen molar-refractivity contribution in [1.82, 2.24) is 15.6 Å². The van der Waals surface area contributed by atoms with Crippen LogP contribution in [0.25, 0.3) is 0 Å². The number of rotatable bonds is 6. The summed E-state index contributed by atoms with van der Waals surface area (Å²) in [5.41, 5.74) is 2.40. The number of urea groups is 1. The van der Waals surface area contributed by atoms with Crippen LogP contribution in [0.1, 0.15) is 11.3 Å². The average Bonchev–Trinajstić information content (AvgIpc) is 2.59. The van der Waals surface area contributed by atoms with Crippen LogP contribution in [0.5, 0.6) is 5.75 Å². The predicted octanol–water partition coefficient (Wildman–Crippen LogP) is 1.84. The number of aromatic nitrogens is 1. The third kappa shape index (κ3) is 5.28. The molecule has 0 saturated carbocycles. The number of benzene rings is 1. The van der Waals surface area contributed by atoms with Crippen LogP contribution in [0.3, 0.4) is 0 Å². The fourth-order valence-electron chi connectivity index (χ4n) is 1.93. The van der Waals surface area contributed by atoms with Crippen molar-refractivity contribution in [1.29, 1.82) is 0 Å². The van der Waals surface area contributed by atoms with Crippen LogP contribution in [-0.2, 0) is 11.3 Å². The zero-order valence-electron chi connectivity index (χ0n) is 13.6. The average molecular weight is 328 g/mol. The van der Waals surface area contributed by atoms with Crippen LogP contribution in [0, 0.1) is 6.92 Å². The van der Waals surface area contributed by atoms with Crippen molar-refractivity contribution in [3.63, 3.8) is 0 Å². The first-order valence-electron chi connectivity index (χ1n) is 7.47. The minimum atomic E-state index is -0.344. The van der Waals surface area contributed by atoms with Crippen LogP contribution in [0.2, 0.25) is 0 Å². The van der Waals surface area contributed by atoms with E-state index in [0.717, 1.165) is 11.3 Å². The first kappa shape index (κ1) is 17.3. The van der Waals surface area contributed by atoms with E-state index in [9.17, 15) is 9.59 Å². The topological polar surface area (TPSA) is 92.4 Å². The maximum Gasteiger partial charge on any atom is 0.319 e. The summed E-state index contributed by atoms with van der Waals surface area (Å²) in [6, 6.07) is 10.3. The van der Waals surface area contributed by atoms with Crippen molar-refractivity contribution < 1.29 is 14.3 Å². The van der Waals surface area contributed by atoms with Gasteiger partial charge >= 0.3 is 6.03 Å². The Morgan fingerprint density at radius 1 is 1.21 bits per heavy atom. The van der Waals surface area contributed by atoms with Crippen molar-refractivity contribution in [2.24, 2.45) is 0 Å². The van der Waals surface area contributed by atoms with Gasteiger partial charge in [0, 0.05) is 25.0 Å². The fraction of sp³-hybridized carbons (Fsp3) is 0.235. The van der Waals surface area contributed by atoms with Gasteiger partial charge in [0.1, 0.15) is 5.75 Å². The highest BCUT2D eigenvalue weighted by Crippen LogP contribution is 2.17. The number of hydrogen-bond acceptors (Lipinski definition) is 4. The van der Waals surface area contributed by atoms with Crippen LogP contribution < -0.4 is 20.7 Å². The van der Waals surface area contributed by atoms with E-state index < -0.39 is 0 Å². The zero-order valence-corrected chi connectivity index (χ0v) is 13.6. The summed E-state index contributed by atoms with van der Waals surface area (Å²) in [6.07, 6.45) is 1.69. The van der Waals surface area contributed by atoms with E-state index in [1.165, 1.54) is 7.05 Å². The second kappa shape index (κ2) is 8.52. The number of anilines is 1. The van der Waals surface area contributed by atoms with E-state index in [1.54, 1.807) is 30.5 Å². The zero-order chi connectivity index (χ0) is 17.4. The standard InChI is InChI=1S/C17H20N4O3/c1-12-5-4-8-19-15(12)10-20-17(23)21-13-6-3-7-14(9-13)24-11-16(22)18-2/h3-9H,10-11H2,1-2H3,(H,18,22)(H2,20,21,23). The van der Waals surface area contributed by atoms with Crippen molar-refractivity contribution in [2.75, 3.05) is 19.0 Å². The van der Waals surface area contributed by atoms with Gasteiger partial charge in [0.15, 0.2) is 6.61 Å². The number of nitrogens with zero attached hydrogens (tertiary/aromatic N) is 1. The van der Waals surface area contributed by atoms with E-state index in [1.807, 2.05) is 19.1 Å². The molecule has 0 aliphatic rings. The van der Waals surface area contributed by atoms with Gasteiger partial charge in [0.05, 0.1) is 12.2 Å². The molecular formula is C17H20N4O3. The number of pyridine rings is 1. The van der Waals surface area contributed by atoms with E-state index in [4.69, 9.17) is 4.74 Å². The van der Waals surface area contributed by atoms with Crippen molar-refractivity contribution in [3.8, 4) is 5.75 Å². The van der Waals surface area contributed by atoms with E-state index >= 15 is 0 Å². The smallest absolute Gasteiger partial charge is 0.319 e. The summed E-state index contributed by atoms with van der Waals surface area (Å²) in [4.78, 5) is 27.4. The molecule has 0 radical (unpaired) electrons. The molecule has 1 heterocycles. The minimum Gasteiger partial charge on any atom is -0.484 e. The summed E-state index contributed by atoms with van der Waals surface area (Å²) in [5.74, 6) is 0.272. The lowest BCUT2D eigenvalue weighted by molar-refractivity contribution is -0.122. The highest BCUT2D eigenvalue weighted by atomic mass is 16.5. The number of ether oxygens (including phenoxy) is 1. The van der Waals surface area contributed by atoms with Crippen LogP contribution >= 0.6 is 0 Å². The quantitative estimate of drug-likeness (QED) is 0.754. The highest BCUT2D eigenvalue weighted by molar-refractivity contribution is 5.89. The molecule has 126 valence electrons.